The van der Waals surface area contributed by atoms with E-state index in [0.29, 0.717) is 11.6 Å². The summed E-state index contributed by atoms with van der Waals surface area (Å²) in [4.78, 5) is 6.01. The lowest BCUT2D eigenvalue weighted by atomic mass is 9.97. The van der Waals surface area contributed by atoms with Gasteiger partial charge in [-0.3, -0.25) is 0 Å². The highest BCUT2D eigenvalue weighted by molar-refractivity contribution is 5.82. The quantitative estimate of drug-likeness (QED) is 0.667. The standard InChI is InChI=1S/C20H19FN6/c1-14-25-24-13-27(14)17-7-9-26(10-8-17)20-15(11-22)3-2-4-18(20)16-5-6-19(21)23-12-16/h2-6,12-13,17H,7-10H2,1H3. The second-order valence-electron chi connectivity index (χ2n) is 6.69. The summed E-state index contributed by atoms with van der Waals surface area (Å²) in [6.45, 7) is 3.61. The summed E-state index contributed by atoms with van der Waals surface area (Å²) in [7, 11) is 0. The first-order valence-electron chi connectivity index (χ1n) is 8.93. The van der Waals surface area contributed by atoms with Gasteiger partial charge in [-0.1, -0.05) is 12.1 Å². The van der Waals surface area contributed by atoms with E-state index in [0.717, 1.165) is 48.6 Å². The van der Waals surface area contributed by atoms with E-state index in [9.17, 15) is 9.65 Å². The van der Waals surface area contributed by atoms with Gasteiger partial charge in [-0.2, -0.15) is 9.65 Å². The Morgan fingerprint density at radius 3 is 2.63 bits per heavy atom. The summed E-state index contributed by atoms with van der Waals surface area (Å²) < 4.78 is 15.4. The maximum atomic E-state index is 13.2. The van der Waals surface area contributed by atoms with Crippen LogP contribution in [0.3, 0.4) is 0 Å². The molecule has 0 aliphatic carbocycles. The second kappa shape index (κ2) is 7.16. The Morgan fingerprint density at radius 1 is 1.19 bits per heavy atom. The number of pyridine rings is 1. The van der Waals surface area contributed by atoms with Crippen molar-refractivity contribution in [1.82, 2.24) is 19.7 Å². The van der Waals surface area contributed by atoms with Crippen LogP contribution in [0.5, 0.6) is 0 Å². The van der Waals surface area contributed by atoms with Gasteiger partial charge in [0.05, 0.1) is 11.3 Å². The number of rotatable bonds is 3. The zero-order chi connectivity index (χ0) is 18.8. The number of nitrogens with zero attached hydrogens (tertiary/aromatic N) is 6. The van der Waals surface area contributed by atoms with Crippen LogP contribution in [0.2, 0.25) is 0 Å². The molecular weight excluding hydrogens is 343 g/mol. The molecule has 2 aromatic heterocycles. The predicted octanol–water partition coefficient (Wildman–Crippen LogP) is 3.50. The molecule has 0 radical (unpaired) electrons. The fourth-order valence-electron chi connectivity index (χ4n) is 3.77. The van der Waals surface area contributed by atoms with Gasteiger partial charge in [-0.05, 0) is 38.0 Å². The number of para-hydroxylation sites is 1. The first-order valence-corrected chi connectivity index (χ1v) is 8.93. The molecule has 3 heterocycles. The number of halogens is 1. The van der Waals surface area contributed by atoms with Gasteiger partial charge >= 0.3 is 0 Å². The van der Waals surface area contributed by atoms with E-state index in [2.05, 4.69) is 30.7 Å². The zero-order valence-electron chi connectivity index (χ0n) is 15.0. The van der Waals surface area contributed by atoms with Crippen molar-refractivity contribution in [2.75, 3.05) is 18.0 Å². The van der Waals surface area contributed by atoms with Crippen molar-refractivity contribution in [2.45, 2.75) is 25.8 Å². The summed E-state index contributed by atoms with van der Waals surface area (Å²) in [6, 6.07) is 11.4. The van der Waals surface area contributed by atoms with Gasteiger partial charge in [-0.25, -0.2) is 4.98 Å². The fourth-order valence-corrected chi connectivity index (χ4v) is 3.77. The van der Waals surface area contributed by atoms with Crippen LogP contribution in [0.4, 0.5) is 10.1 Å². The number of piperidine rings is 1. The van der Waals surface area contributed by atoms with Gasteiger partial charge < -0.3 is 9.47 Å². The lowest BCUT2D eigenvalue weighted by Crippen LogP contribution is -2.35. The minimum Gasteiger partial charge on any atom is -0.370 e. The normalized spacial score (nSPS) is 14.9. The Labute approximate surface area is 156 Å². The molecule has 0 saturated carbocycles. The van der Waals surface area contributed by atoms with Gasteiger partial charge in [0.15, 0.2) is 0 Å². The van der Waals surface area contributed by atoms with E-state index >= 15 is 0 Å². The minimum absolute atomic E-state index is 0.362. The molecule has 7 heteroatoms. The van der Waals surface area contributed by atoms with Crippen LogP contribution in [0.15, 0.2) is 42.9 Å². The molecule has 136 valence electrons. The number of benzene rings is 1. The molecule has 0 amide bonds. The molecule has 1 saturated heterocycles. The summed E-state index contributed by atoms with van der Waals surface area (Å²) in [5.74, 6) is 0.408. The number of aromatic nitrogens is 4. The molecule has 1 aliphatic rings. The van der Waals surface area contributed by atoms with Crippen molar-refractivity contribution < 1.29 is 4.39 Å². The average Bonchev–Trinajstić information content (AvgIpc) is 3.14. The fraction of sp³-hybridized carbons (Fsp3) is 0.300. The Hall–Kier alpha value is -3.27. The van der Waals surface area contributed by atoms with E-state index in [1.54, 1.807) is 12.4 Å². The Balaban J connectivity index is 1.65. The third-order valence-corrected chi connectivity index (χ3v) is 5.12. The van der Waals surface area contributed by atoms with Crippen molar-refractivity contribution in [2.24, 2.45) is 0 Å². The minimum atomic E-state index is -0.512. The Bertz CT molecular complexity index is 980. The Kier molecular flexibility index (Phi) is 4.55. The average molecular weight is 362 g/mol. The maximum Gasteiger partial charge on any atom is 0.212 e. The molecule has 1 aliphatic heterocycles. The summed E-state index contributed by atoms with van der Waals surface area (Å²) in [6.07, 6.45) is 5.19. The predicted molar refractivity (Wildman–Crippen MR) is 99.6 cm³/mol. The first kappa shape index (κ1) is 17.2. The molecule has 1 fully saturated rings. The van der Waals surface area contributed by atoms with E-state index in [1.165, 1.54) is 12.3 Å². The monoisotopic (exact) mass is 362 g/mol. The van der Waals surface area contributed by atoms with Crippen molar-refractivity contribution in [1.29, 1.82) is 5.26 Å². The summed E-state index contributed by atoms with van der Waals surface area (Å²) in [5.41, 5.74) is 3.23. The van der Waals surface area contributed by atoms with E-state index in [1.807, 2.05) is 25.1 Å². The number of nitriles is 1. The van der Waals surface area contributed by atoms with Crippen LogP contribution in [0, 0.1) is 24.2 Å². The number of hydrogen-bond acceptors (Lipinski definition) is 5. The van der Waals surface area contributed by atoms with Crippen molar-refractivity contribution >= 4 is 5.69 Å². The highest BCUT2D eigenvalue weighted by Crippen LogP contribution is 2.36. The molecule has 0 N–H and O–H groups in total. The molecule has 0 unspecified atom stereocenters. The number of hydrogen-bond donors (Lipinski definition) is 0. The van der Waals surface area contributed by atoms with Gasteiger partial charge in [0.2, 0.25) is 5.95 Å². The maximum absolute atomic E-state index is 13.2. The van der Waals surface area contributed by atoms with Gasteiger partial charge in [0.1, 0.15) is 18.2 Å². The third-order valence-electron chi connectivity index (χ3n) is 5.12. The molecule has 3 aromatic rings. The first-order chi connectivity index (χ1) is 13.2. The van der Waals surface area contributed by atoms with Crippen molar-refractivity contribution in [3.63, 3.8) is 0 Å². The van der Waals surface area contributed by atoms with Crippen molar-refractivity contribution in [3.8, 4) is 17.2 Å². The van der Waals surface area contributed by atoms with Gasteiger partial charge in [0, 0.05) is 36.5 Å². The van der Waals surface area contributed by atoms with E-state index in [-0.39, 0.29) is 0 Å². The van der Waals surface area contributed by atoms with Gasteiger partial charge in [-0.15, -0.1) is 10.2 Å². The zero-order valence-corrected chi connectivity index (χ0v) is 15.0. The highest BCUT2D eigenvalue weighted by Gasteiger charge is 2.25. The van der Waals surface area contributed by atoms with Crippen LogP contribution in [-0.4, -0.2) is 32.8 Å². The summed E-state index contributed by atoms with van der Waals surface area (Å²) in [5, 5.41) is 17.7. The van der Waals surface area contributed by atoms with Gasteiger partial charge in [0.25, 0.3) is 0 Å². The SMILES string of the molecule is Cc1nncn1C1CCN(c2c(C#N)cccc2-c2ccc(F)nc2)CC1. The second-order valence-corrected chi connectivity index (χ2v) is 6.69. The van der Waals surface area contributed by atoms with Crippen LogP contribution >= 0.6 is 0 Å². The van der Waals surface area contributed by atoms with Crippen LogP contribution in [-0.2, 0) is 0 Å². The molecular formula is C20H19FN6. The molecule has 6 nitrogen and oxygen atoms in total. The molecule has 27 heavy (non-hydrogen) atoms. The Morgan fingerprint density at radius 2 is 2.00 bits per heavy atom. The smallest absolute Gasteiger partial charge is 0.212 e. The number of aryl methyl sites for hydroxylation is 1. The lowest BCUT2D eigenvalue weighted by Gasteiger charge is -2.36. The highest BCUT2D eigenvalue weighted by atomic mass is 19.1. The molecule has 4 rings (SSSR count). The topological polar surface area (TPSA) is 70.6 Å². The van der Waals surface area contributed by atoms with Crippen LogP contribution in [0.1, 0.15) is 30.3 Å². The van der Waals surface area contributed by atoms with Crippen molar-refractivity contribution in [3.05, 3.63) is 60.2 Å². The molecule has 0 bridgehead atoms. The van der Waals surface area contributed by atoms with E-state index in [4.69, 9.17) is 0 Å². The number of anilines is 1. The van der Waals surface area contributed by atoms with Crippen LogP contribution < -0.4 is 4.90 Å². The van der Waals surface area contributed by atoms with Crippen LogP contribution in [0.25, 0.3) is 11.1 Å². The molecule has 1 aromatic carbocycles. The van der Waals surface area contributed by atoms with E-state index < -0.39 is 5.95 Å². The third kappa shape index (κ3) is 3.26. The summed E-state index contributed by atoms with van der Waals surface area (Å²) >= 11 is 0. The lowest BCUT2D eigenvalue weighted by molar-refractivity contribution is 0.389. The molecule has 0 spiro atoms. The largest absolute Gasteiger partial charge is 0.370 e. The molecule has 0 atom stereocenters.